The summed E-state index contributed by atoms with van der Waals surface area (Å²) < 4.78 is 11.9. The number of hydrogen-bond acceptors (Lipinski definition) is 8. The highest BCUT2D eigenvalue weighted by Gasteiger charge is 2.23. The Hall–Kier alpha value is -4.90. The number of aromatic hydroxyl groups is 1. The average molecular weight is 665 g/mol. The van der Waals surface area contributed by atoms with Crippen LogP contribution in [0, 0.1) is 0 Å². The maximum absolute atomic E-state index is 12.7. The number of aromatic nitrogens is 1. The fraction of sp³-hybridized carbons (Fsp3) is 0.333. The number of nitrogens with zero attached hydrogens (tertiary/aromatic N) is 1. The molecule has 0 aliphatic carbocycles. The number of benzene rings is 3. The van der Waals surface area contributed by atoms with Gasteiger partial charge in [0.05, 0.1) is 17.3 Å². The first-order valence-electron chi connectivity index (χ1n) is 17.1. The van der Waals surface area contributed by atoms with Gasteiger partial charge in [-0.05, 0) is 80.2 Å². The van der Waals surface area contributed by atoms with Crippen molar-refractivity contribution in [2.75, 3.05) is 38.0 Å². The maximum Gasteiger partial charge on any atom is 0.411 e. The highest BCUT2D eigenvalue weighted by molar-refractivity contribution is 5.91. The van der Waals surface area contributed by atoms with E-state index in [1.165, 1.54) is 12.1 Å². The molecule has 0 unspecified atom stereocenters. The number of H-pyrrole nitrogens is 1. The highest BCUT2D eigenvalue weighted by Crippen LogP contribution is 2.29. The third-order valence-electron chi connectivity index (χ3n) is 9.05. The van der Waals surface area contributed by atoms with Gasteiger partial charge >= 0.3 is 6.09 Å². The summed E-state index contributed by atoms with van der Waals surface area (Å²) in [6.07, 6.45) is 3.87. The van der Waals surface area contributed by atoms with Crippen LogP contribution in [0.2, 0.25) is 0 Å². The van der Waals surface area contributed by atoms with E-state index in [-0.39, 0.29) is 17.4 Å². The van der Waals surface area contributed by atoms with Crippen LogP contribution in [0.3, 0.4) is 0 Å². The van der Waals surface area contributed by atoms with E-state index in [9.17, 15) is 19.8 Å². The van der Waals surface area contributed by atoms with Crippen LogP contribution in [0.25, 0.3) is 22.0 Å². The molecule has 2 aromatic heterocycles. The number of likely N-dealkylation sites (tertiary alicyclic amines) is 1. The molecule has 1 aliphatic rings. The summed E-state index contributed by atoms with van der Waals surface area (Å²) >= 11 is 0. The standard InChI is InChI=1S/C39H44N4O6/c44-35-18-16-32(33-17-19-37(46)42-38(33)35)36(45)26-40-22-6-10-28-14-15-29(48-28)11-7-23-43-24-20-30(21-25-43)49-39(47)41-34-13-5-4-12-31(34)27-8-2-1-3-9-27/h1-5,8-9,12-19,30,36,40,44-45H,6-7,10-11,20-26H2,(H,41,47)(H,42,46)/t36-/m0/s1. The van der Waals surface area contributed by atoms with Crippen LogP contribution in [-0.4, -0.2) is 65.0 Å². The number of nitrogens with one attached hydrogen (secondary N) is 3. The number of aliphatic hydroxyl groups excluding tert-OH is 1. The quantitative estimate of drug-likeness (QED) is 0.0861. The molecule has 10 heteroatoms. The van der Waals surface area contributed by atoms with Crippen molar-refractivity contribution >= 4 is 22.7 Å². The number of aromatic amines is 1. The van der Waals surface area contributed by atoms with Crippen molar-refractivity contribution in [2.24, 2.45) is 0 Å². The number of phenols is 1. The molecule has 3 aromatic carbocycles. The summed E-state index contributed by atoms with van der Waals surface area (Å²) in [5, 5.41) is 27.7. The van der Waals surface area contributed by atoms with Gasteiger partial charge in [0.15, 0.2) is 0 Å². The number of amides is 1. The van der Waals surface area contributed by atoms with Crippen LogP contribution >= 0.6 is 0 Å². The van der Waals surface area contributed by atoms with Crippen molar-refractivity contribution in [2.45, 2.75) is 50.7 Å². The molecular formula is C39H44N4O6. The lowest BCUT2D eigenvalue weighted by molar-refractivity contribution is 0.0586. The normalized spacial score (nSPS) is 14.6. The largest absolute Gasteiger partial charge is 0.506 e. The SMILES string of the molecule is O=C(Nc1ccccc1-c1ccccc1)OC1CCN(CCCc2ccc(CCCNC[C@H](O)c3ccc(O)c4[nH]c(=O)ccc34)o2)CC1. The molecule has 1 fully saturated rings. The Labute approximate surface area is 285 Å². The first-order chi connectivity index (χ1) is 23.9. The minimum Gasteiger partial charge on any atom is -0.506 e. The smallest absolute Gasteiger partial charge is 0.411 e. The van der Waals surface area contributed by atoms with E-state index in [2.05, 4.69) is 26.6 Å². The van der Waals surface area contributed by atoms with Crippen LogP contribution in [0.1, 0.15) is 48.9 Å². The summed E-state index contributed by atoms with van der Waals surface area (Å²) in [6, 6.07) is 28.0. The van der Waals surface area contributed by atoms with E-state index in [0.717, 1.165) is 86.5 Å². The van der Waals surface area contributed by atoms with Gasteiger partial charge in [0.25, 0.3) is 0 Å². The second-order valence-corrected chi connectivity index (χ2v) is 12.6. The predicted molar refractivity (Wildman–Crippen MR) is 191 cm³/mol. The molecule has 10 nitrogen and oxygen atoms in total. The topological polar surface area (TPSA) is 140 Å². The van der Waals surface area contributed by atoms with Crippen LogP contribution in [0.15, 0.2) is 100 Å². The number of furan rings is 1. The Bertz CT molecular complexity index is 1880. The van der Waals surface area contributed by atoms with Crippen LogP contribution in [0.4, 0.5) is 10.5 Å². The Balaban J connectivity index is 0.850. The van der Waals surface area contributed by atoms with E-state index in [1.807, 2.05) is 60.7 Å². The van der Waals surface area contributed by atoms with Gasteiger partial charge in [0.2, 0.25) is 5.56 Å². The van der Waals surface area contributed by atoms with Crippen molar-refractivity contribution in [1.82, 2.24) is 15.2 Å². The minimum atomic E-state index is -0.782. The zero-order valence-electron chi connectivity index (χ0n) is 27.6. The van der Waals surface area contributed by atoms with E-state index in [1.54, 1.807) is 12.1 Å². The average Bonchev–Trinajstić information content (AvgIpc) is 3.57. The van der Waals surface area contributed by atoms with E-state index in [4.69, 9.17) is 9.15 Å². The molecule has 1 aliphatic heterocycles. The molecule has 5 aromatic rings. The Morgan fingerprint density at radius 3 is 2.45 bits per heavy atom. The molecule has 6 rings (SSSR count). The van der Waals surface area contributed by atoms with E-state index in [0.29, 0.717) is 29.6 Å². The summed E-state index contributed by atoms with van der Waals surface area (Å²) in [5.74, 6) is 1.92. The van der Waals surface area contributed by atoms with Gasteiger partial charge < -0.3 is 34.6 Å². The number of hydrogen-bond donors (Lipinski definition) is 5. The first-order valence-corrected chi connectivity index (χ1v) is 17.1. The maximum atomic E-state index is 12.7. The van der Waals surface area contributed by atoms with Crippen molar-refractivity contribution < 1.29 is 24.2 Å². The number of phenolic OH excluding ortho intramolecular Hbond substituents is 1. The minimum absolute atomic E-state index is 0.0233. The lowest BCUT2D eigenvalue weighted by atomic mass is 10.0. The summed E-state index contributed by atoms with van der Waals surface area (Å²) in [4.78, 5) is 29.4. The molecule has 0 bridgehead atoms. The highest BCUT2D eigenvalue weighted by atomic mass is 16.6. The van der Waals surface area contributed by atoms with Gasteiger partial charge in [-0.15, -0.1) is 0 Å². The molecule has 256 valence electrons. The monoisotopic (exact) mass is 664 g/mol. The molecule has 0 saturated carbocycles. The number of aryl methyl sites for hydroxylation is 2. The van der Waals surface area contributed by atoms with Gasteiger partial charge in [-0.2, -0.15) is 0 Å². The number of anilines is 1. The number of carbonyl (C=O) groups excluding carboxylic acids is 1. The third kappa shape index (κ3) is 9.17. The molecule has 0 radical (unpaired) electrons. The van der Waals surface area contributed by atoms with Crippen LogP contribution < -0.4 is 16.2 Å². The van der Waals surface area contributed by atoms with Gasteiger partial charge in [-0.3, -0.25) is 10.1 Å². The third-order valence-corrected chi connectivity index (χ3v) is 9.05. The molecule has 1 amide bonds. The molecule has 1 saturated heterocycles. The number of carbonyl (C=O) groups is 1. The molecule has 1 atom stereocenters. The second-order valence-electron chi connectivity index (χ2n) is 12.6. The van der Waals surface area contributed by atoms with Crippen molar-refractivity contribution in [3.63, 3.8) is 0 Å². The number of pyridine rings is 1. The Morgan fingerprint density at radius 2 is 1.65 bits per heavy atom. The summed E-state index contributed by atoms with van der Waals surface area (Å²) in [5.41, 5.74) is 3.42. The number of rotatable bonds is 14. The van der Waals surface area contributed by atoms with Crippen LogP contribution in [-0.2, 0) is 17.6 Å². The summed E-state index contributed by atoms with van der Waals surface area (Å²) in [6.45, 7) is 3.82. The van der Waals surface area contributed by atoms with E-state index >= 15 is 0 Å². The second kappa shape index (κ2) is 16.5. The zero-order chi connectivity index (χ0) is 34.0. The zero-order valence-corrected chi connectivity index (χ0v) is 27.6. The fourth-order valence-corrected chi connectivity index (χ4v) is 6.46. The lowest BCUT2D eigenvalue weighted by Gasteiger charge is -2.31. The van der Waals surface area contributed by atoms with Crippen molar-refractivity contribution in [3.05, 3.63) is 118 Å². The lowest BCUT2D eigenvalue weighted by Crippen LogP contribution is -2.39. The Kier molecular flexibility index (Phi) is 11.4. The molecular weight excluding hydrogens is 620 g/mol. The number of fused-ring (bicyclic) bond motifs is 1. The van der Waals surface area contributed by atoms with Gasteiger partial charge in [-0.1, -0.05) is 54.6 Å². The first kappa shape index (κ1) is 34.0. The number of ether oxygens (including phenoxy) is 1. The molecule has 3 heterocycles. The van der Waals surface area contributed by atoms with Crippen LogP contribution in [0.5, 0.6) is 5.75 Å². The van der Waals surface area contributed by atoms with Gasteiger partial charge in [0.1, 0.15) is 23.4 Å². The number of aliphatic hydroxyl groups is 1. The van der Waals surface area contributed by atoms with Crippen molar-refractivity contribution in [3.8, 4) is 16.9 Å². The van der Waals surface area contributed by atoms with Gasteiger partial charge in [0, 0.05) is 49.5 Å². The van der Waals surface area contributed by atoms with Crippen molar-refractivity contribution in [1.29, 1.82) is 0 Å². The number of piperidine rings is 1. The van der Waals surface area contributed by atoms with Gasteiger partial charge in [-0.25, -0.2) is 4.79 Å². The van der Waals surface area contributed by atoms with E-state index < -0.39 is 12.2 Å². The molecule has 5 N–H and O–H groups in total. The number of para-hydroxylation sites is 1. The molecule has 0 spiro atoms. The summed E-state index contributed by atoms with van der Waals surface area (Å²) in [7, 11) is 0. The Morgan fingerprint density at radius 1 is 0.918 bits per heavy atom. The predicted octanol–water partition coefficient (Wildman–Crippen LogP) is 6.40. The molecule has 49 heavy (non-hydrogen) atoms. The fourth-order valence-electron chi connectivity index (χ4n) is 6.46.